The van der Waals surface area contributed by atoms with Crippen molar-refractivity contribution in [1.29, 1.82) is 0 Å². The maximum atomic E-state index is 5.88. The summed E-state index contributed by atoms with van der Waals surface area (Å²) in [5.41, 5.74) is 2.07. The molecule has 0 spiro atoms. The van der Waals surface area contributed by atoms with Crippen LogP contribution in [0.4, 0.5) is 10.8 Å². The van der Waals surface area contributed by atoms with Crippen LogP contribution in [0.25, 0.3) is 0 Å². The molecule has 1 N–H and O–H groups in total. The van der Waals surface area contributed by atoms with Gasteiger partial charge in [-0.2, -0.15) is 4.37 Å². The first kappa shape index (κ1) is 12.3. The van der Waals surface area contributed by atoms with Crippen molar-refractivity contribution in [3.63, 3.8) is 0 Å². The van der Waals surface area contributed by atoms with Gasteiger partial charge in [-0.05, 0) is 18.1 Å². The maximum absolute atomic E-state index is 5.88. The monoisotopic (exact) mass is 267 g/mol. The van der Waals surface area contributed by atoms with Crippen molar-refractivity contribution in [2.45, 2.75) is 25.6 Å². The molecule has 0 atom stereocenters. The molecule has 1 aromatic heterocycles. The van der Waals surface area contributed by atoms with E-state index in [-0.39, 0.29) is 0 Å². The van der Waals surface area contributed by atoms with Crippen molar-refractivity contribution >= 4 is 34.0 Å². The van der Waals surface area contributed by atoms with Crippen LogP contribution in [0.1, 0.15) is 24.7 Å². The Morgan fingerprint density at radius 3 is 2.94 bits per heavy atom. The Morgan fingerprint density at radius 1 is 1.35 bits per heavy atom. The minimum atomic E-state index is 0.490. The Labute approximate surface area is 110 Å². The molecule has 0 aliphatic carbocycles. The largest absolute Gasteiger partial charge is 0.330 e. The van der Waals surface area contributed by atoms with Crippen LogP contribution in [0.2, 0.25) is 0 Å². The van der Waals surface area contributed by atoms with Crippen molar-refractivity contribution in [2.24, 2.45) is 0 Å². The van der Waals surface area contributed by atoms with E-state index in [0.717, 1.165) is 35.0 Å². The fourth-order valence-corrected chi connectivity index (χ4v) is 2.36. The van der Waals surface area contributed by atoms with Crippen molar-refractivity contribution < 1.29 is 0 Å². The van der Waals surface area contributed by atoms with Gasteiger partial charge in [0.2, 0.25) is 5.13 Å². The second-order valence-electron chi connectivity index (χ2n) is 3.68. The van der Waals surface area contributed by atoms with Gasteiger partial charge in [-0.15, -0.1) is 11.6 Å². The maximum Gasteiger partial charge on any atom is 0.207 e. The summed E-state index contributed by atoms with van der Waals surface area (Å²) in [6.07, 6.45) is 1.99. The summed E-state index contributed by atoms with van der Waals surface area (Å²) in [5, 5.41) is 4.09. The number of halogens is 1. The van der Waals surface area contributed by atoms with Gasteiger partial charge in [0.05, 0.1) is 0 Å². The van der Waals surface area contributed by atoms with Gasteiger partial charge in [0.25, 0.3) is 0 Å². The number of aryl methyl sites for hydroxylation is 1. The van der Waals surface area contributed by atoms with Crippen molar-refractivity contribution in [2.75, 3.05) is 5.32 Å². The number of para-hydroxylation sites is 1. The summed E-state index contributed by atoms with van der Waals surface area (Å²) in [5.74, 6) is 1.40. The highest BCUT2D eigenvalue weighted by Gasteiger charge is 2.05. The lowest BCUT2D eigenvalue weighted by Crippen LogP contribution is -1.94. The van der Waals surface area contributed by atoms with E-state index in [1.165, 1.54) is 11.5 Å². The SMILES string of the molecule is CCCc1nsc(Nc2ccccc2CCl)n1. The van der Waals surface area contributed by atoms with Crippen LogP contribution in [0.15, 0.2) is 24.3 Å². The smallest absolute Gasteiger partial charge is 0.207 e. The molecule has 17 heavy (non-hydrogen) atoms. The molecule has 1 heterocycles. The zero-order chi connectivity index (χ0) is 12.1. The first-order valence-electron chi connectivity index (χ1n) is 5.57. The van der Waals surface area contributed by atoms with Crippen LogP contribution in [-0.2, 0) is 12.3 Å². The summed E-state index contributed by atoms with van der Waals surface area (Å²) in [7, 11) is 0. The second-order valence-corrected chi connectivity index (χ2v) is 4.70. The molecule has 0 unspecified atom stereocenters. The quantitative estimate of drug-likeness (QED) is 0.833. The van der Waals surface area contributed by atoms with Gasteiger partial charge in [0.1, 0.15) is 5.82 Å². The lowest BCUT2D eigenvalue weighted by molar-refractivity contribution is 0.862. The molecule has 2 rings (SSSR count). The molecule has 5 heteroatoms. The number of nitrogens with one attached hydrogen (secondary N) is 1. The van der Waals surface area contributed by atoms with Gasteiger partial charge in [0.15, 0.2) is 0 Å². The van der Waals surface area contributed by atoms with Crippen LogP contribution >= 0.6 is 23.1 Å². The molecule has 2 aromatic rings. The Bertz CT molecular complexity index is 484. The molecule has 0 saturated heterocycles. The van der Waals surface area contributed by atoms with Gasteiger partial charge >= 0.3 is 0 Å². The molecule has 0 aliphatic heterocycles. The highest BCUT2D eigenvalue weighted by molar-refractivity contribution is 7.09. The lowest BCUT2D eigenvalue weighted by atomic mass is 10.2. The average Bonchev–Trinajstić information content (AvgIpc) is 2.78. The normalized spacial score (nSPS) is 10.5. The van der Waals surface area contributed by atoms with E-state index in [2.05, 4.69) is 21.6 Å². The predicted octanol–water partition coefficient (Wildman–Crippen LogP) is 3.97. The number of hydrogen-bond acceptors (Lipinski definition) is 4. The van der Waals surface area contributed by atoms with E-state index < -0.39 is 0 Å². The molecular formula is C12H14ClN3S. The summed E-state index contributed by atoms with van der Waals surface area (Å²) in [6.45, 7) is 2.12. The molecular weight excluding hydrogens is 254 g/mol. The Morgan fingerprint density at radius 2 is 2.18 bits per heavy atom. The molecule has 0 amide bonds. The lowest BCUT2D eigenvalue weighted by Gasteiger charge is -2.06. The number of hydrogen-bond donors (Lipinski definition) is 1. The van der Waals surface area contributed by atoms with Crippen LogP contribution in [0.3, 0.4) is 0 Å². The highest BCUT2D eigenvalue weighted by atomic mass is 35.5. The van der Waals surface area contributed by atoms with Gasteiger partial charge in [-0.1, -0.05) is 25.1 Å². The molecule has 0 saturated carbocycles. The molecule has 1 aromatic carbocycles. The predicted molar refractivity (Wildman–Crippen MR) is 73.2 cm³/mol. The molecule has 3 nitrogen and oxygen atoms in total. The first-order valence-corrected chi connectivity index (χ1v) is 6.87. The van der Waals surface area contributed by atoms with Gasteiger partial charge in [-0.3, -0.25) is 0 Å². The summed E-state index contributed by atoms with van der Waals surface area (Å²) in [4.78, 5) is 4.42. The fraction of sp³-hybridized carbons (Fsp3) is 0.333. The Hall–Kier alpha value is -1.13. The molecule has 0 fully saturated rings. The summed E-state index contributed by atoms with van der Waals surface area (Å²) in [6, 6.07) is 7.96. The fourth-order valence-electron chi connectivity index (χ4n) is 1.50. The standard InChI is InChI=1S/C12H14ClN3S/c1-2-5-11-15-12(17-16-11)14-10-7-4-3-6-9(10)8-13/h3-4,6-7H,2,5,8H2,1H3,(H,14,15,16). The minimum Gasteiger partial charge on any atom is -0.330 e. The van der Waals surface area contributed by atoms with E-state index in [4.69, 9.17) is 11.6 Å². The van der Waals surface area contributed by atoms with Gasteiger partial charge < -0.3 is 5.32 Å². The van der Waals surface area contributed by atoms with E-state index in [1.54, 1.807) is 0 Å². The number of rotatable bonds is 5. The molecule has 0 bridgehead atoms. The van der Waals surface area contributed by atoms with E-state index in [1.807, 2.05) is 24.3 Å². The third-order valence-corrected chi connectivity index (χ3v) is 3.30. The van der Waals surface area contributed by atoms with Crippen LogP contribution in [0, 0.1) is 0 Å². The van der Waals surface area contributed by atoms with Crippen molar-refractivity contribution in [1.82, 2.24) is 9.36 Å². The summed E-state index contributed by atoms with van der Waals surface area (Å²) < 4.78 is 4.29. The van der Waals surface area contributed by atoms with Crippen LogP contribution in [-0.4, -0.2) is 9.36 Å². The third kappa shape index (κ3) is 3.17. The minimum absolute atomic E-state index is 0.490. The number of anilines is 2. The van der Waals surface area contributed by atoms with E-state index in [9.17, 15) is 0 Å². The number of nitrogens with zero attached hydrogens (tertiary/aromatic N) is 2. The first-order chi connectivity index (χ1) is 8.33. The van der Waals surface area contributed by atoms with Gasteiger partial charge in [-0.25, -0.2) is 4.98 Å². The molecule has 90 valence electrons. The zero-order valence-electron chi connectivity index (χ0n) is 9.61. The van der Waals surface area contributed by atoms with Crippen LogP contribution < -0.4 is 5.32 Å². The van der Waals surface area contributed by atoms with E-state index >= 15 is 0 Å². The Balaban J connectivity index is 2.13. The van der Waals surface area contributed by atoms with Crippen molar-refractivity contribution in [3.05, 3.63) is 35.7 Å². The van der Waals surface area contributed by atoms with E-state index in [0.29, 0.717) is 5.88 Å². The van der Waals surface area contributed by atoms with Crippen LogP contribution in [0.5, 0.6) is 0 Å². The summed E-state index contributed by atoms with van der Waals surface area (Å²) >= 11 is 7.27. The molecule has 0 aliphatic rings. The highest BCUT2D eigenvalue weighted by Crippen LogP contribution is 2.23. The topological polar surface area (TPSA) is 37.8 Å². The van der Waals surface area contributed by atoms with Gasteiger partial charge in [0, 0.05) is 29.5 Å². The van der Waals surface area contributed by atoms with Crippen molar-refractivity contribution in [3.8, 4) is 0 Å². The number of alkyl halides is 1. The third-order valence-electron chi connectivity index (χ3n) is 2.34. The Kier molecular flexibility index (Phi) is 4.34. The number of benzene rings is 1. The average molecular weight is 268 g/mol. The molecule has 0 radical (unpaired) electrons. The second kappa shape index (κ2) is 5.98. The zero-order valence-corrected chi connectivity index (χ0v) is 11.2. The number of aromatic nitrogens is 2.